The smallest absolute Gasteiger partial charge is 0.328 e. The summed E-state index contributed by atoms with van der Waals surface area (Å²) in [5.41, 5.74) is 11.3. The zero-order valence-electron chi connectivity index (χ0n) is 21.1. The van der Waals surface area contributed by atoms with E-state index in [1.165, 1.54) is 13.2 Å². The van der Waals surface area contributed by atoms with Gasteiger partial charge in [-0.15, -0.1) is 0 Å². The number of para-hydroxylation sites is 1. The van der Waals surface area contributed by atoms with Crippen LogP contribution in [0.4, 0.5) is 5.69 Å². The number of benzene rings is 3. The van der Waals surface area contributed by atoms with Crippen molar-refractivity contribution in [3.63, 3.8) is 0 Å². The summed E-state index contributed by atoms with van der Waals surface area (Å²) in [6.45, 7) is 0. The van der Waals surface area contributed by atoms with Crippen LogP contribution >= 0.6 is 11.6 Å². The van der Waals surface area contributed by atoms with E-state index in [2.05, 4.69) is 10.3 Å². The molecule has 4 N–H and O–H groups in total. The van der Waals surface area contributed by atoms with Gasteiger partial charge in [-0.3, -0.25) is 4.79 Å². The lowest BCUT2D eigenvalue weighted by atomic mass is 10.0. The van der Waals surface area contributed by atoms with Crippen molar-refractivity contribution >= 4 is 46.1 Å². The summed E-state index contributed by atoms with van der Waals surface area (Å²) in [5, 5.41) is 9.08. The first kappa shape index (κ1) is 25.8. The van der Waals surface area contributed by atoms with Gasteiger partial charge in [0.15, 0.2) is 0 Å². The number of hydrogen-bond donors (Lipinski definition) is 3. The van der Waals surface area contributed by atoms with Crippen LogP contribution in [-0.2, 0) is 20.7 Å². The number of ether oxygens (including phenoxy) is 1. The average Bonchev–Trinajstić information content (AvgIpc) is 3.56. The molecular weight excluding hydrogens is 514 g/mol. The van der Waals surface area contributed by atoms with Gasteiger partial charge >= 0.3 is 5.97 Å². The normalized spacial score (nSPS) is 12.1. The van der Waals surface area contributed by atoms with E-state index in [9.17, 15) is 9.59 Å². The molecule has 2 aromatic heterocycles. The predicted molar refractivity (Wildman–Crippen MR) is 153 cm³/mol. The van der Waals surface area contributed by atoms with E-state index >= 15 is 0 Å². The number of aromatic amines is 1. The molecule has 0 aliphatic carbocycles. The molecular formula is C30H26ClN5O3. The van der Waals surface area contributed by atoms with Crippen LogP contribution in [0.25, 0.3) is 33.9 Å². The van der Waals surface area contributed by atoms with E-state index in [1.807, 2.05) is 60.9 Å². The van der Waals surface area contributed by atoms with Gasteiger partial charge in [-0.25, -0.2) is 9.48 Å². The first-order chi connectivity index (χ1) is 18.9. The van der Waals surface area contributed by atoms with Crippen LogP contribution in [0.2, 0.25) is 5.02 Å². The van der Waals surface area contributed by atoms with Crippen molar-refractivity contribution in [2.24, 2.45) is 0 Å². The monoisotopic (exact) mass is 539 g/mol. The number of carbonyl (C=O) groups excluding carboxylic acids is 2. The molecule has 0 spiro atoms. The Morgan fingerprint density at radius 3 is 2.69 bits per heavy atom. The summed E-state index contributed by atoms with van der Waals surface area (Å²) < 4.78 is 6.66. The second kappa shape index (κ2) is 11.3. The van der Waals surface area contributed by atoms with Crippen LogP contribution < -0.4 is 11.1 Å². The topological polar surface area (TPSA) is 115 Å². The van der Waals surface area contributed by atoms with E-state index < -0.39 is 17.9 Å². The van der Waals surface area contributed by atoms with Crippen molar-refractivity contribution in [3.05, 3.63) is 107 Å². The molecule has 5 rings (SSSR count). The van der Waals surface area contributed by atoms with Gasteiger partial charge in [0, 0.05) is 57.6 Å². The van der Waals surface area contributed by atoms with Gasteiger partial charge in [0.1, 0.15) is 6.04 Å². The lowest BCUT2D eigenvalue weighted by Crippen LogP contribution is -2.42. The molecule has 9 heteroatoms. The summed E-state index contributed by atoms with van der Waals surface area (Å²) in [5.74, 6) is -0.970. The zero-order chi connectivity index (χ0) is 27.4. The molecule has 2 heterocycles. The van der Waals surface area contributed by atoms with E-state index in [-0.39, 0.29) is 6.42 Å². The Kier molecular flexibility index (Phi) is 7.47. The lowest BCUT2D eigenvalue weighted by Gasteiger charge is -2.15. The minimum absolute atomic E-state index is 0.277. The molecule has 39 heavy (non-hydrogen) atoms. The fraction of sp³-hybridized carbons (Fsp3) is 0.100. The van der Waals surface area contributed by atoms with Gasteiger partial charge in [0.25, 0.3) is 0 Å². The van der Waals surface area contributed by atoms with Gasteiger partial charge in [-0.2, -0.15) is 5.10 Å². The van der Waals surface area contributed by atoms with Crippen molar-refractivity contribution in [2.75, 3.05) is 12.8 Å². The highest BCUT2D eigenvalue weighted by Crippen LogP contribution is 2.26. The van der Waals surface area contributed by atoms with Crippen LogP contribution in [0.1, 0.15) is 11.1 Å². The van der Waals surface area contributed by atoms with Gasteiger partial charge < -0.3 is 20.8 Å². The second-order valence-corrected chi connectivity index (χ2v) is 9.40. The van der Waals surface area contributed by atoms with Gasteiger partial charge in [0.05, 0.1) is 18.5 Å². The molecule has 196 valence electrons. The van der Waals surface area contributed by atoms with Crippen molar-refractivity contribution in [1.29, 1.82) is 0 Å². The number of halogens is 1. The SMILES string of the molecule is COC(=O)C(Cc1c[nH]c2ccccc12)NC(=O)/C=C\c1cn(-c2cccc(Cl)c2)nc1-c1ccc(N)cc1. The van der Waals surface area contributed by atoms with Gasteiger partial charge in [-0.1, -0.05) is 48.0 Å². The molecule has 1 unspecified atom stereocenters. The highest BCUT2D eigenvalue weighted by molar-refractivity contribution is 6.30. The number of nitrogen functional groups attached to an aromatic ring is 1. The third-order valence-electron chi connectivity index (χ3n) is 6.31. The summed E-state index contributed by atoms with van der Waals surface area (Å²) in [7, 11) is 1.30. The van der Waals surface area contributed by atoms with Crippen molar-refractivity contribution in [3.8, 4) is 16.9 Å². The number of rotatable bonds is 8. The molecule has 3 aromatic carbocycles. The molecule has 5 aromatic rings. The number of carbonyl (C=O) groups is 2. The fourth-order valence-corrected chi connectivity index (χ4v) is 4.55. The maximum Gasteiger partial charge on any atom is 0.328 e. The van der Waals surface area contributed by atoms with Crippen LogP contribution in [0, 0.1) is 0 Å². The number of amides is 1. The fourth-order valence-electron chi connectivity index (χ4n) is 4.37. The van der Waals surface area contributed by atoms with Crippen LogP contribution in [0.3, 0.4) is 0 Å². The standard InChI is InChI=1S/C30H26ClN5O3/c1-39-30(38)27(15-21-17-33-26-8-3-2-7-25(21)26)34-28(37)14-11-20-18-36(24-6-4-5-22(31)16-24)35-29(20)19-9-12-23(32)13-10-19/h2-14,16-18,27,33H,15,32H2,1H3,(H,34,37)/b14-11-. The largest absolute Gasteiger partial charge is 0.467 e. The maximum absolute atomic E-state index is 13.0. The third kappa shape index (κ3) is 5.86. The van der Waals surface area contributed by atoms with Gasteiger partial charge in [0.2, 0.25) is 5.91 Å². The van der Waals surface area contributed by atoms with E-state index in [1.54, 1.807) is 35.0 Å². The number of nitrogens with zero attached hydrogens (tertiary/aromatic N) is 2. The van der Waals surface area contributed by atoms with Crippen molar-refractivity contribution < 1.29 is 14.3 Å². The highest BCUT2D eigenvalue weighted by Gasteiger charge is 2.23. The summed E-state index contributed by atoms with van der Waals surface area (Å²) in [6, 6.07) is 21.5. The number of anilines is 1. The minimum atomic E-state index is -0.864. The molecule has 0 saturated carbocycles. The second-order valence-electron chi connectivity index (χ2n) is 8.96. The Balaban J connectivity index is 1.41. The number of H-pyrrole nitrogens is 1. The number of methoxy groups -OCH3 is 1. The molecule has 0 saturated heterocycles. The van der Waals surface area contributed by atoms with Crippen molar-refractivity contribution in [2.45, 2.75) is 12.5 Å². The lowest BCUT2D eigenvalue weighted by molar-refractivity contribution is -0.144. The average molecular weight is 540 g/mol. The Morgan fingerprint density at radius 1 is 1.13 bits per heavy atom. The summed E-state index contributed by atoms with van der Waals surface area (Å²) >= 11 is 6.19. The third-order valence-corrected chi connectivity index (χ3v) is 6.55. The number of nitrogens with two attached hydrogens (primary N) is 1. The van der Waals surface area contributed by atoms with Gasteiger partial charge in [-0.05, 0) is 48.0 Å². The zero-order valence-corrected chi connectivity index (χ0v) is 21.9. The molecule has 8 nitrogen and oxygen atoms in total. The number of aromatic nitrogens is 3. The predicted octanol–water partition coefficient (Wildman–Crippen LogP) is 5.17. The highest BCUT2D eigenvalue weighted by atomic mass is 35.5. The van der Waals surface area contributed by atoms with Crippen LogP contribution in [0.5, 0.6) is 0 Å². The minimum Gasteiger partial charge on any atom is -0.467 e. The van der Waals surface area contributed by atoms with Crippen LogP contribution in [0.15, 0.2) is 91.3 Å². The maximum atomic E-state index is 13.0. The Labute approximate surface area is 230 Å². The first-order valence-electron chi connectivity index (χ1n) is 12.2. The molecule has 0 radical (unpaired) electrons. The first-order valence-corrected chi connectivity index (χ1v) is 12.6. The quantitative estimate of drug-likeness (QED) is 0.143. The molecule has 0 aliphatic rings. The van der Waals surface area contributed by atoms with E-state index in [0.717, 1.165) is 27.7 Å². The molecule has 0 fully saturated rings. The molecule has 1 amide bonds. The molecule has 0 aliphatic heterocycles. The number of esters is 1. The van der Waals surface area contributed by atoms with Crippen molar-refractivity contribution in [1.82, 2.24) is 20.1 Å². The number of nitrogens with one attached hydrogen (secondary N) is 2. The number of fused-ring (bicyclic) bond motifs is 1. The summed E-state index contributed by atoms with van der Waals surface area (Å²) in [6.07, 6.45) is 6.97. The Morgan fingerprint density at radius 2 is 1.92 bits per heavy atom. The summed E-state index contributed by atoms with van der Waals surface area (Å²) in [4.78, 5) is 28.7. The van der Waals surface area contributed by atoms with E-state index in [4.69, 9.17) is 27.2 Å². The van der Waals surface area contributed by atoms with E-state index in [0.29, 0.717) is 22.0 Å². The Bertz CT molecular complexity index is 1670. The number of hydrogen-bond acceptors (Lipinski definition) is 5. The molecule has 0 bridgehead atoms. The van der Waals surface area contributed by atoms with Crippen LogP contribution in [-0.4, -0.2) is 39.8 Å². The Hall–Kier alpha value is -4.82. The molecule has 1 atom stereocenters.